The molecule has 1 aliphatic carbocycles. The molecule has 0 amide bonds. The molecule has 2 rings (SSSR count). The molecule has 0 saturated heterocycles. The lowest BCUT2D eigenvalue weighted by atomic mass is 9.85. The van der Waals surface area contributed by atoms with E-state index in [1.807, 2.05) is 11.8 Å². The fourth-order valence-corrected chi connectivity index (χ4v) is 3.50. The second-order valence-corrected chi connectivity index (χ2v) is 6.19. The molecule has 1 fully saturated rings. The van der Waals surface area contributed by atoms with Crippen LogP contribution in [0.3, 0.4) is 0 Å². The third kappa shape index (κ3) is 4.33. The molecule has 1 nitrogen and oxygen atoms in total. The van der Waals surface area contributed by atoms with E-state index >= 15 is 0 Å². The summed E-state index contributed by atoms with van der Waals surface area (Å²) >= 11 is 1.89. The first-order valence-electron chi connectivity index (χ1n) is 7.19. The Balaban J connectivity index is 1.65. The summed E-state index contributed by atoms with van der Waals surface area (Å²) in [6, 6.07) is 10.6. The van der Waals surface area contributed by atoms with E-state index in [0.29, 0.717) is 6.10 Å². The Morgan fingerprint density at radius 1 is 1.17 bits per heavy atom. The Morgan fingerprint density at radius 2 is 1.94 bits per heavy atom. The van der Waals surface area contributed by atoms with Crippen LogP contribution in [-0.2, 0) is 4.74 Å². The Bertz CT molecular complexity index is 325. The fourth-order valence-electron chi connectivity index (χ4n) is 2.74. The third-order valence-corrected chi connectivity index (χ3v) is 4.77. The van der Waals surface area contributed by atoms with Gasteiger partial charge in [-0.2, -0.15) is 0 Å². The number of hydrogen-bond acceptors (Lipinski definition) is 2. The molecule has 18 heavy (non-hydrogen) atoms. The van der Waals surface area contributed by atoms with Gasteiger partial charge in [-0.15, -0.1) is 11.8 Å². The van der Waals surface area contributed by atoms with Crippen LogP contribution in [0.2, 0.25) is 0 Å². The molecule has 2 atom stereocenters. The van der Waals surface area contributed by atoms with Crippen LogP contribution >= 0.6 is 11.8 Å². The first-order chi connectivity index (χ1) is 8.90. The number of thioether (sulfide) groups is 1. The second kappa shape index (κ2) is 7.85. The van der Waals surface area contributed by atoms with Crippen molar-refractivity contribution in [2.45, 2.75) is 50.0 Å². The third-order valence-electron chi connectivity index (χ3n) is 3.79. The van der Waals surface area contributed by atoms with E-state index in [1.165, 1.54) is 37.0 Å². The first-order valence-corrected chi connectivity index (χ1v) is 8.18. The van der Waals surface area contributed by atoms with Crippen LogP contribution in [0.1, 0.15) is 39.0 Å². The monoisotopic (exact) mass is 264 g/mol. The molecule has 0 heterocycles. The average Bonchev–Trinajstić information content (AvgIpc) is 2.45. The van der Waals surface area contributed by atoms with E-state index in [-0.39, 0.29) is 0 Å². The molecule has 1 aliphatic rings. The highest BCUT2D eigenvalue weighted by molar-refractivity contribution is 7.99. The largest absolute Gasteiger partial charge is 0.377 e. The van der Waals surface area contributed by atoms with Crippen LogP contribution < -0.4 is 0 Å². The zero-order valence-electron chi connectivity index (χ0n) is 11.3. The van der Waals surface area contributed by atoms with Crippen molar-refractivity contribution in [1.82, 2.24) is 0 Å². The highest BCUT2D eigenvalue weighted by atomic mass is 32.2. The van der Waals surface area contributed by atoms with Gasteiger partial charge in [0, 0.05) is 10.6 Å². The quantitative estimate of drug-likeness (QED) is 0.541. The van der Waals surface area contributed by atoms with Gasteiger partial charge in [0.25, 0.3) is 0 Å². The number of ether oxygens (including phenoxy) is 1. The first kappa shape index (κ1) is 14.0. The minimum absolute atomic E-state index is 0.528. The summed E-state index contributed by atoms with van der Waals surface area (Å²) in [5.74, 6) is 1.87. The van der Waals surface area contributed by atoms with Gasteiger partial charge in [-0.05, 0) is 30.9 Å². The van der Waals surface area contributed by atoms with Crippen molar-refractivity contribution >= 4 is 11.8 Å². The van der Waals surface area contributed by atoms with Crippen molar-refractivity contribution in [3.63, 3.8) is 0 Å². The van der Waals surface area contributed by atoms with Gasteiger partial charge in [0.2, 0.25) is 0 Å². The molecule has 2 heteroatoms. The second-order valence-electron chi connectivity index (χ2n) is 5.02. The lowest BCUT2D eigenvalue weighted by molar-refractivity contribution is -0.00395. The summed E-state index contributed by atoms with van der Waals surface area (Å²) in [6.45, 7) is 3.19. The van der Waals surface area contributed by atoms with E-state index in [9.17, 15) is 0 Å². The van der Waals surface area contributed by atoms with Gasteiger partial charge < -0.3 is 4.74 Å². The molecule has 0 aromatic heterocycles. The van der Waals surface area contributed by atoms with E-state index in [1.54, 1.807) is 0 Å². The van der Waals surface area contributed by atoms with Gasteiger partial charge in [-0.1, -0.05) is 44.4 Å². The highest BCUT2D eigenvalue weighted by Crippen LogP contribution is 2.29. The van der Waals surface area contributed by atoms with Crippen LogP contribution in [0.25, 0.3) is 0 Å². The Morgan fingerprint density at radius 3 is 2.72 bits per heavy atom. The van der Waals surface area contributed by atoms with Gasteiger partial charge in [0.15, 0.2) is 0 Å². The Hall–Kier alpha value is -0.470. The van der Waals surface area contributed by atoms with Crippen LogP contribution in [-0.4, -0.2) is 18.5 Å². The molecule has 0 bridgehead atoms. The SMILES string of the molecule is CCC1CCCCC1OCCSc1ccccc1. The van der Waals surface area contributed by atoms with Crippen LogP contribution in [0.5, 0.6) is 0 Å². The van der Waals surface area contributed by atoms with Crippen LogP contribution in [0, 0.1) is 5.92 Å². The van der Waals surface area contributed by atoms with Crippen molar-refractivity contribution in [3.8, 4) is 0 Å². The smallest absolute Gasteiger partial charge is 0.0603 e. The average molecular weight is 264 g/mol. The summed E-state index contributed by atoms with van der Waals surface area (Å²) in [6.07, 6.45) is 7.20. The van der Waals surface area contributed by atoms with Gasteiger partial charge in [-0.25, -0.2) is 0 Å². The van der Waals surface area contributed by atoms with E-state index in [4.69, 9.17) is 4.74 Å². The van der Waals surface area contributed by atoms with Crippen molar-refractivity contribution < 1.29 is 4.74 Å². The van der Waals surface area contributed by atoms with Gasteiger partial charge in [-0.3, -0.25) is 0 Å². The topological polar surface area (TPSA) is 9.23 Å². The maximum absolute atomic E-state index is 6.09. The molecular weight excluding hydrogens is 240 g/mol. The lowest BCUT2D eigenvalue weighted by Gasteiger charge is -2.30. The van der Waals surface area contributed by atoms with E-state index < -0.39 is 0 Å². The standard InChI is InChI=1S/C16H24OS/c1-2-14-8-6-7-11-16(14)17-12-13-18-15-9-4-3-5-10-15/h3-5,9-10,14,16H,2,6-8,11-13H2,1H3. The molecule has 1 aromatic rings. The molecule has 2 unspecified atom stereocenters. The number of hydrogen-bond donors (Lipinski definition) is 0. The minimum Gasteiger partial charge on any atom is -0.377 e. The molecule has 0 radical (unpaired) electrons. The molecule has 0 N–H and O–H groups in total. The van der Waals surface area contributed by atoms with Crippen molar-refractivity contribution in [2.75, 3.05) is 12.4 Å². The summed E-state index contributed by atoms with van der Waals surface area (Å²) in [5.41, 5.74) is 0. The van der Waals surface area contributed by atoms with Gasteiger partial charge >= 0.3 is 0 Å². The Labute approximate surface area is 115 Å². The summed E-state index contributed by atoms with van der Waals surface area (Å²) in [5, 5.41) is 0. The Kier molecular flexibility index (Phi) is 6.09. The number of benzene rings is 1. The molecule has 1 aromatic carbocycles. The normalized spacial score (nSPS) is 24.1. The lowest BCUT2D eigenvalue weighted by Crippen LogP contribution is -2.28. The molecule has 0 spiro atoms. The van der Waals surface area contributed by atoms with Crippen LogP contribution in [0.4, 0.5) is 0 Å². The molecular formula is C16H24OS. The van der Waals surface area contributed by atoms with Crippen molar-refractivity contribution in [2.24, 2.45) is 5.92 Å². The minimum atomic E-state index is 0.528. The molecule has 0 aliphatic heterocycles. The fraction of sp³-hybridized carbons (Fsp3) is 0.625. The van der Waals surface area contributed by atoms with Crippen molar-refractivity contribution in [1.29, 1.82) is 0 Å². The summed E-state index contributed by atoms with van der Waals surface area (Å²) in [4.78, 5) is 1.34. The molecule has 100 valence electrons. The van der Waals surface area contributed by atoms with Gasteiger partial charge in [0.1, 0.15) is 0 Å². The summed E-state index contributed by atoms with van der Waals surface area (Å²) < 4.78 is 6.09. The predicted octanol–water partition coefficient (Wildman–Crippen LogP) is 4.76. The maximum atomic E-state index is 6.09. The van der Waals surface area contributed by atoms with Crippen molar-refractivity contribution in [3.05, 3.63) is 30.3 Å². The van der Waals surface area contributed by atoms with Crippen LogP contribution in [0.15, 0.2) is 35.2 Å². The van der Waals surface area contributed by atoms with Gasteiger partial charge in [0.05, 0.1) is 12.7 Å². The zero-order chi connectivity index (χ0) is 12.6. The predicted molar refractivity (Wildman–Crippen MR) is 79.2 cm³/mol. The molecule has 1 saturated carbocycles. The number of rotatable bonds is 6. The highest BCUT2D eigenvalue weighted by Gasteiger charge is 2.23. The maximum Gasteiger partial charge on any atom is 0.0603 e. The van der Waals surface area contributed by atoms with E-state index in [0.717, 1.165) is 18.3 Å². The zero-order valence-corrected chi connectivity index (χ0v) is 12.1. The van der Waals surface area contributed by atoms with E-state index in [2.05, 4.69) is 37.3 Å². The summed E-state index contributed by atoms with van der Waals surface area (Å²) in [7, 11) is 0.